The van der Waals surface area contributed by atoms with Crippen molar-refractivity contribution in [3.05, 3.63) is 35.7 Å². The molecule has 0 amide bonds. The van der Waals surface area contributed by atoms with Crippen molar-refractivity contribution in [2.45, 2.75) is 44.6 Å². The van der Waals surface area contributed by atoms with Gasteiger partial charge in [-0.1, -0.05) is 12.5 Å². The first kappa shape index (κ1) is 13.8. The van der Waals surface area contributed by atoms with Crippen molar-refractivity contribution in [1.29, 1.82) is 0 Å². The molecule has 116 valence electrons. The van der Waals surface area contributed by atoms with Crippen LogP contribution in [-0.4, -0.2) is 43.9 Å². The third-order valence-corrected chi connectivity index (χ3v) is 4.97. The van der Waals surface area contributed by atoms with E-state index < -0.39 is 0 Å². The van der Waals surface area contributed by atoms with Crippen molar-refractivity contribution >= 4 is 0 Å². The number of rotatable bonds is 2. The van der Waals surface area contributed by atoms with Crippen LogP contribution in [0.25, 0.3) is 5.82 Å². The van der Waals surface area contributed by atoms with E-state index in [2.05, 4.69) is 15.0 Å². The van der Waals surface area contributed by atoms with Crippen molar-refractivity contribution in [2.75, 3.05) is 13.1 Å². The number of likely N-dealkylation sites (tertiary alicyclic amines) is 1. The van der Waals surface area contributed by atoms with Gasteiger partial charge in [0.1, 0.15) is 0 Å². The normalized spacial score (nSPS) is 22.5. The lowest BCUT2D eigenvalue weighted by Gasteiger charge is -2.36. The number of piperidine rings is 1. The number of aromatic hydroxyl groups is 1. The van der Waals surface area contributed by atoms with Crippen LogP contribution in [-0.2, 0) is 12.8 Å². The summed E-state index contributed by atoms with van der Waals surface area (Å²) < 4.78 is 1.59. The van der Waals surface area contributed by atoms with Gasteiger partial charge in [-0.05, 0) is 57.3 Å². The average molecular weight is 298 g/mol. The first-order chi connectivity index (χ1) is 10.8. The minimum Gasteiger partial charge on any atom is -0.493 e. The van der Waals surface area contributed by atoms with Gasteiger partial charge in [0.15, 0.2) is 5.82 Å². The van der Waals surface area contributed by atoms with E-state index in [9.17, 15) is 5.11 Å². The molecule has 2 aromatic rings. The molecule has 2 aromatic heterocycles. The van der Waals surface area contributed by atoms with Crippen molar-refractivity contribution in [2.24, 2.45) is 0 Å². The zero-order valence-corrected chi connectivity index (χ0v) is 12.8. The van der Waals surface area contributed by atoms with E-state index in [-0.39, 0.29) is 5.88 Å². The highest BCUT2D eigenvalue weighted by Gasteiger charge is 2.30. The molecule has 1 N–H and O–H groups in total. The summed E-state index contributed by atoms with van der Waals surface area (Å²) in [5.41, 5.74) is 2.06. The van der Waals surface area contributed by atoms with Gasteiger partial charge in [-0.25, -0.2) is 4.98 Å². The molecule has 5 nitrogen and oxygen atoms in total. The molecule has 0 spiro atoms. The molecule has 0 radical (unpaired) electrons. The lowest BCUT2D eigenvalue weighted by molar-refractivity contribution is 0.149. The van der Waals surface area contributed by atoms with Crippen LogP contribution >= 0.6 is 0 Å². The Morgan fingerprint density at radius 1 is 1.14 bits per heavy atom. The van der Waals surface area contributed by atoms with E-state index in [0.717, 1.165) is 30.5 Å². The molecule has 1 aliphatic heterocycles. The molecular formula is C17H22N4O. The van der Waals surface area contributed by atoms with E-state index in [1.54, 1.807) is 10.9 Å². The lowest BCUT2D eigenvalue weighted by atomic mass is 9.91. The highest BCUT2D eigenvalue weighted by Crippen LogP contribution is 2.32. The number of hydrogen-bond donors (Lipinski definition) is 1. The fourth-order valence-electron chi connectivity index (χ4n) is 3.77. The molecule has 1 atom stereocenters. The summed E-state index contributed by atoms with van der Waals surface area (Å²) in [7, 11) is 0. The Kier molecular flexibility index (Phi) is 3.58. The molecule has 1 aliphatic carbocycles. The maximum atomic E-state index is 10.6. The van der Waals surface area contributed by atoms with E-state index in [4.69, 9.17) is 0 Å². The van der Waals surface area contributed by atoms with Crippen molar-refractivity contribution in [1.82, 2.24) is 19.7 Å². The summed E-state index contributed by atoms with van der Waals surface area (Å²) in [4.78, 5) is 6.89. The third kappa shape index (κ3) is 2.39. The molecule has 3 heterocycles. The van der Waals surface area contributed by atoms with Crippen LogP contribution in [0.3, 0.4) is 0 Å². The number of aryl methyl sites for hydroxylation is 1. The molecule has 0 bridgehead atoms. The van der Waals surface area contributed by atoms with Gasteiger partial charge in [0.05, 0.1) is 5.69 Å². The maximum absolute atomic E-state index is 10.6. The zero-order valence-electron chi connectivity index (χ0n) is 12.8. The molecule has 4 rings (SSSR count). The number of fused-ring (bicyclic) bond motifs is 1. The Bertz CT molecular complexity index is 646. The summed E-state index contributed by atoms with van der Waals surface area (Å²) in [6.07, 6.45) is 8.71. The maximum Gasteiger partial charge on any atom is 0.219 e. The van der Waals surface area contributed by atoms with Gasteiger partial charge in [0.2, 0.25) is 5.88 Å². The van der Waals surface area contributed by atoms with Gasteiger partial charge >= 0.3 is 0 Å². The van der Waals surface area contributed by atoms with Crippen molar-refractivity contribution in [3.63, 3.8) is 0 Å². The van der Waals surface area contributed by atoms with Crippen LogP contribution in [0.4, 0.5) is 0 Å². The number of hydrogen-bond acceptors (Lipinski definition) is 4. The molecule has 1 unspecified atom stereocenters. The van der Waals surface area contributed by atoms with E-state index in [1.807, 2.05) is 18.2 Å². The molecule has 2 aliphatic rings. The van der Waals surface area contributed by atoms with Crippen LogP contribution in [0.5, 0.6) is 5.88 Å². The van der Waals surface area contributed by atoms with Gasteiger partial charge in [-0.3, -0.25) is 0 Å². The van der Waals surface area contributed by atoms with E-state index >= 15 is 0 Å². The molecular weight excluding hydrogens is 276 g/mol. The second kappa shape index (κ2) is 5.72. The van der Waals surface area contributed by atoms with Crippen LogP contribution < -0.4 is 0 Å². The van der Waals surface area contributed by atoms with Crippen LogP contribution in [0.1, 0.15) is 36.9 Å². The second-order valence-electron chi connectivity index (χ2n) is 6.34. The minimum absolute atomic E-state index is 0.274. The monoisotopic (exact) mass is 298 g/mol. The smallest absolute Gasteiger partial charge is 0.219 e. The van der Waals surface area contributed by atoms with Gasteiger partial charge in [-0.2, -0.15) is 9.78 Å². The second-order valence-corrected chi connectivity index (χ2v) is 6.34. The average Bonchev–Trinajstić information content (AvgIpc) is 2.93. The molecule has 1 saturated heterocycles. The van der Waals surface area contributed by atoms with Crippen LogP contribution in [0.15, 0.2) is 24.4 Å². The Morgan fingerprint density at radius 2 is 2.00 bits per heavy atom. The van der Waals surface area contributed by atoms with Crippen molar-refractivity contribution in [3.8, 4) is 11.7 Å². The topological polar surface area (TPSA) is 54.2 Å². The summed E-state index contributed by atoms with van der Waals surface area (Å²) >= 11 is 0. The van der Waals surface area contributed by atoms with Crippen LogP contribution in [0.2, 0.25) is 0 Å². The van der Waals surface area contributed by atoms with Gasteiger partial charge in [-0.15, -0.1) is 0 Å². The minimum atomic E-state index is 0.274. The third-order valence-electron chi connectivity index (χ3n) is 4.97. The number of nitrogens with zero attached hydrogens (tertiary/aromatic N) is 4. The Morgan fingerprint density at radius 3 is 2.77 bits per heavy atom. The quantitative estimate of drug-likeness (QED) is 0.924. The molecule has 22 heavy (non-hydrogen) atoms. The van der Waals surface area contributed by atoms with Gasteiger partial charge in [0.25, 0.3) is 0 Å². The van der Waals surface area contributed by atoms with Crippen LogP contribution in [0, 0.1) is 0 Å². The van der Waals surface area contributed by atoms with E-state index in [0.29, 0.717) is 11.9 Å². The Hall–Kier alpha value is -1.88. The molecule has 0 aromatic carbocycles. The number of pyridine rings is 1. The first-order valence-corrected chi connectivity index (χ1v) is 8.28. The standard InChI is InChI=1S/C17H22N4O/c22-17-14-12-13(20-10-4-1-5-11-20)7-8-15(14)19-21(17)16-6-2-3-9-18-16/h2-3,6,9,13,22H,1,4-5,7-8,10-12H2. The SMILES string of the molecule is Oc1c2c(nn1-c1ccccn1)CCC(N1CCCCC1)C2. The molecule has 1 fully saturated rings. The Labute approximate surface area is 130 Å². The predicted octanol–water partition coefficient (Wildman–Crippen LogP) is 2.32. The fourth-order valence-corrected chi connectivity index (χ4v) is 3.77. The highest BCUT2D eigenvalue weighted by atomic mass is 16.3. The number of aromatic nitrogens is 3. The molecule has 0 saturated carbocycles. The predicted molar refractivity (Wildman–Crippen MR) is 84.3 cm³/mol. The summed E-state index contributed by atoms with van der Waals surface area (Å²) in [6.45, 7) is 2.41. The summed E-state index contributed by atoms with van der Waals surface area (Å²) in [6, 6.07) is 6.22. The lowest BCUT2D eigenvalue weighted by Crippen LogP contribution is -2.42. The van der Waals surface area contributed by atoms with Gasteiger partial charge in [0, 0.05) is 17.8 Å². The van der Waals surface area contributed by atoms with Crippen molar-refractivity contribution < 1.29 is 5.11 Å². The fraction of sp³-hybridized carbons (Fsp3) is 0.529. The summed E-state index contributed by atoms with van der Waals surface area (Å²) in [5, 5.41) is 15.2. The molecule has 5 heteroatoms. The van der Waals surface area contributed by atoms with E-state index in [1.165, 1.54) is 32.4 Å². The zero-order chi connectivity index (χ0) is 14.9. The van der Waals surface area contributed by atoms with Gasteiger partial charge < -0.3 is 10.0 Å². The Balaban J connectivity index is 1.61. The highest BCUT2D eigenvalue weighted by molar-refractivity contribution is 5.39. The summed E-state index contributed by atoms with van der Waals surface area (Å²) in [5.74, 6) is 0.958. The first-order valence-electron chi connectivity index (χ1n) is 8.28. The largest absolute Gasteiger partial charge is 0.493 e.